The third-order valence-electron chi connectivity index (χ3n) is 5.35. The molecule has 9 heteroatoms. The molecule has 1 aromatic heterocycles. The van der Waals surface area contributed by atoms with Crippen molar-refractivity contribution in [1.82, 2.24) is 15.1 Å². The number of rotatable bonds is 5. The Bertz CT molecular complexity index is 956. The maximum absolute atomic E-state index is 11.6. The molecule has 28 heavy (non-hydrogen) atoms. The molecule has 2 N–H and O–H groups in total. The Kier molecular flexibility index (Phi) is 5.05. The Labute approximate surface area is 164 Å². The molecule has 4 rings (SSSR count). The third kappa shape index (κ3) is 3.60. The van der Waals surface area contributed by atoms with Crippen LogP contribution < -0.4 is 5.32 Å². The summed E-state index contributed by atoms with van der Waals surface area (Å²) in [5.41, 5.74) is 2.73. The number of nitrogens with one attached hydrogen (secondary N) is 1. The number of benzene rings is 1. The Morgan fingerprint density at radius 1 is 1.29 bits per heavy atom. The van der Waals surface area contributed by atoms with E-state index in [1.807, 2.05) is 19.9 Å². The first-order chi connectivity index (χ1) is 13.2. The van der Waals surface area contributed by atoms with E-state index >= 15 is 0 Å². The first-order valence-electron chi connectivity index (χ1n) is 9.24. The molecule has 5 atom stereocenters. The van der Waals surface area contributed by atoms with Gasteiger partial charge in [-0.1, -0.05) is 12.1 Å². The Balaban J connectivity index is 1.50. The van der Waals surface area contributed by atoms with Gasteiger partial charge in [0.15, 0.2) is 16.1 Å². The van der Waals surface area contributed by atoms with Crippen molar-refractivity contribution in [3.8, 4) is 0 Å². The van der Waals surface area contributed by atoms with E-state index in [1.165, 1.54) is 6.26 Å². The van der Waals surface area contributed by atoms with Crippen molar-refractivity contribution in [2.45, 2.75) is 55.9 Å². The van der Waals surface area contributed by atoms with E-state index in [0.717, 1.165) is 17.0 Å². The summed E-state index contributed by atoms with van der Waals surface area (Å²) in [4.78, 5) is 0.286. The fraction of sp³-hybridized carbons (Fsp3) is 0.526. The molecule has 2 bridgehead atoms. The Morgan fingerprint density at radius 2 is 2.00 bits per heavy atom. The summed E-state index contributed by atoms with van der Waals surface area (Å²) in [5.74, 6) is 0. The second-order valence-electron chi connectivity index (χ2n) is 7.55. The lowest BCUT2D eigenvalue weighted by molar-refractivity contribution is -0.168. The molecular weight excluding hydrogens is 382 g/mol. The van der Waals surface area contributed by atoms with Crippen LogP contribution in [-0.2, 0) is 25.9 Å². The van der Waals surface area contributed by atoms with Gasteiger partial charge in [-0.15, -0.1) is 0 Å². The van der Waals surface area contributed by atoms with Crippen LogP contribution in [0.4, 0.5) is 0 Å². The van der Waals surface area contributed by atoms with Crippen LogP contribution in [0.3, 0.4) is 0 Å². The van der Waals surface area contributed by atoms with Gasteiger partial charge >= 0.3 is 0 Å². The summed E-state index contributed by atoms with van der Waals surface area (Å²) in [5, 5.41) is 18.9. The second kappa shape index (κ2) is 7.23. The Morgan fingerprint density at radius 3 is 2.61 bits per heavy atom. The van der Waals surface area contributed by atoms with E-state index in [-0.39, 0.29) is 17.0 Å². The zero-order valence-electron chi connectivity index (χ0n) is 16.1. The maximum Gasteiger partial charge on any atom is 0.183 e. The quantitative estimate of drug-likeness (QED) is 0.753. The zero-order valence-corrected chi connectivity index (χ0v) is 16.9. The number of hydrogen-bond acceptors (Lipinski definition) is 7. The number of aliphatic hydroxyl groups excluding tert-OH is 1. The van der Waals surface area contributed by atoms with Gasteiger partial charge in [0.25, 0.3) is 0 Å². The van der Waals surface area contributed by atoms with Crippen molar-refractivity contribution in [2.24, 2.45) is 0 Å². The van der Waals surface area contributed by atoms with Crippen LogP contribution in [0.15, 0.2) is 35.2 Å². The van der Waals surface area contributed by atoms with E-state index in [0.29, 0.717) is 13.2 Å². The van der Waals surface area contributed by atoms with Crippen molar-refractivity contribution < 1.29 is 23.0 Å². The first kappa shape index (κ1) is 19.5. The number of ether oxygens (including phenoxy) is 2. The highest BCUT2D eigenvalue weighted by molar-refractivity contribution is 7.90. The largest absolute Gasteiger partial charge is 0.389 e. The minimum Gasteiger partial charge on any atom is -0.389 e. The smallest absolute Gasteiger partial charge is 0.183 e. The highest BCUT2D eigenvalue weighted by atomic mass is 32.2. The monoisotopic (exact) mass is 407 g/mol. The molecule has 2 saturated heterocycles. The summed E-state index contributed by atoms with van der Waals surface area (Å²) in [6, 6.07) is 7.91. The number of aryl methyl sites for hydroxylation is 2. The fourth-order valence-corrected chi connectivity index (χ4v) is 4.58. The van der Waals surface area contributed by atoms with Crippen LogP contribution >= 0.6 is 0 Å². The average Bonchev–Trinajstić information content (AvgIpc) is 3.19. The number of fused-ring (bicyclic) bond motifs is 2. The van der Waals surface area contributed by atoms with Gasteiger partial charge in [0.1, 0.15) is 12.1 Å². The highest BCUT2D eigenvalue weighted by Gasteiger charge is 2.51. The fourth-order valence-electron chi connectivity index (χ4n) is 3.95. The standard InChI is InChI=1S/C19H25N3O5S/c1-11-8-12(2)22(21-11)17-18(23)16(15-10-26-19(17)27-15)20-9-13-4-6-14(7-5-13)28(3,24)25/h4-8,15-20,23H,9-10H2,1-3H3. The van der Waals surface area contributed by atoms with E-state index in [2.05, 4.69) is 10.4 Å². The Hall–Kier alpha value is -1.78. The van der Waals surface area contributed by atoms with Crippen LogP contribution in [0.1, 0.15) is 23.0 Å². The molecule has 152 valence electrons. The van der Waals surface area contributed by atoms with Crippen molar-refractivity contribution >= 4 is 9.84 Å². The molecule has 0 spiro atoms. The topological polar surface area (TPSA) is 103 Å². The summed E-state index contributed by atoms with van der Waals surface area (Å²) >= 11 is 0. The molecule has 3 heterocycles. The second-order valence-corrected chi connectivity index (χ2v) is 9.57. The number of hydrogen-bond donors (Lipinski definition) is 2. The van der Waals surface area contributed by atoms with Crippen LogP contribution in [0.5, 0.6) is 0 Å². The van der Waals surface area contributed by atoms with Gasteiger partial charge in [-0.25, -0.2) is 8.42 Å². The van der Waals surface area contributed by atoms with Crippen LogP contribution in [0.25, 0.3) is 0 Å². The maximum atomic E-state index is 11.6. The molecule has 2 aliphatic rings. The van der Waals surface area contributed by atoms with E-state index < -0.39 is 28.3 Å². The van der Waals surface area contributed by atoms with Gasteiger partial charge in [-0.3, -0.25) is 4.68 Å². The predicted octanol–water partition coefficient (Wildman–Crippen LogP) is 0.719. The normalized spacial score (nSPS) is 29.9. The molecule has 0 radical (unpaired) electrons. The van der Waals surface area contributed by atoms with Gasteiger partial charge in [-0.05, 0) is 37.6 Å². The average molecular weight is 407 g/mol. The summed E-state index contributed by atoms with van der Waals surface area (Å²) in [7, 11) is -3.22. The molecule has 2 aliphatic heterocycles. The first-order valence-corrected chi connectivity index (χ1v) is 11.1. The lowest BCUT2D eigenvalue weighted by Crippen LogP contribution is -2.57. The molecule has 2 fully saturated rings. The highest BCUT2D eigenvalue weighted by Crippen LogP contribution is 2.36. The van der Waals surface area contributed by atoms with Gasteiger partial charge in [0.2, 0.25) is 0 Å². The van der Waals surface area contributed by atoms with Gasteiger partial charge in [0.05, 0.1) is 29.3 Å². The number of aliphatic hydroxyl groups is 1. The van der Waals surface area contributed by atoms with Crippen molar-refractivity contribution in [2.75, 3.05) is 12.9 Å². The molecular formula is C19H25N3O5S. The lowest BCUT2D eigenvalue weighted by Gasteiger charge is -2.39. The predicted molar refractivity (Wildman–Crippen MR) is 102 cm³/mol. The zero-order chi connectivity index (χ0) is 20.1. The SMILES string of the molecule is Cc1cc(C)n(C2C3OCC(O3)C(NCc3ccc(S(C)(=O)=O)cc3)C2O)n1. The summed E-state index contributed by atoms with van der Waals surface area (Å²) < 4.78 is 36.7. The molecule has 2 aromatic rings. The van der Waals surface area contributed by atoms with Crippen molar-refractivity contribution in [1.29, 1.82) is 0 Å². The molecule has 0 amide bonds. The molecule has 1 aromatic carbocycles. The van der Waals surface area contributed by atoms with Gasteiger partial charge in [0, 0.05) is 18.5 Å². The molecule has 0 saturated carbocycles. The van der Waals surface area contributed by atoms with E-state index in [1.54, 1.807) is 28.9 Å². The van der Waals surface area contributed by atoms with Gasteiger partial charge in [-0.2, -0.15) is 5.10 Å². The number of nitrogens with zero attached hydrogens (tertiary/aromatic N) is 2. The summed E-state index contributed by atoms with van der Waals surface area (Å²) in [6.07, 6.45) is -0.320. The van der Waals surface area contributed by atoms with E-state index in [9.17, 15) is 13.5 Å². The minimum absolute atomic E-state index is 0.247. The lowest BCUT2D eigenvalue weighted by atomic mass is 9.95. The van der Waals surface area contributed by atoms with Crippen molar-refractivity contribution in [3.63, 3.8) is 0 Å². The minimum atomic E-state index is -3.22. The van der Waals surface area contributed by atoms with Crippen molar-refractivity contribution in [3.05, 3.63) is 47.3 Å². The number of sulfone groups is 1. The van der Waals surface area contributed by atoms with Gasteiger partial charge < -0.3 is 19.9 Å². The third-order valence-corrected chi connectivity index (χ3v) is 6.48. The van der Waals surface area contributed by atoms with Crippen LogP contribution in [0.2, 0.25) is 0 Å². The summed E-state index contributed by atoms with van der Waals surface area (Å²) in [6.45, 7) is 4.73. The van der Waals surface area contributed by atoms with Crippen LogP contribution in [-0.4, -0.2) is 60.7 Å². The van der Waals surface area contributed by atoms with Crippen LogP contribution in [0, 0.1) is 13.8 Å². The van der Waals surface area contributed by atoms with E-state index in [4.69, 9.17) is 9.47 Å². The molecule has 0 aliphatic carbocycles. The number of aromatic nitrogens is 2. The molecule has 8 nitrogen and oxygen atoms in total. The molecule has 5 unspecified atom stereocenters.